The van der Waals surface area contributed by atoms with Gasteiger partial charge in [0.15, 0.2) is 5.13 Å². The summed E-state index contributed by atoms with van der Waals surface area (Å²) in [5, 5.41) is 10.2. The Morgan fingerprint density at radius 3 is 2.59 bits per heavy atom. The van der Waals surface area contributed by atoms with E-state index in [0.717, 1.165) is 37.4 Å². The molecule has 2 aromatic heterocycles. The third-order valence-electron chi connectivity index (χ3n) is 4.63. The van der Waals surface area contributed by atoms with Gasteiger partial charge in [-0.15, -0.1) is 11.3 Å². The number of carbonyl (C=O) groups excluding carboxylic acids is 1. The van der Waals surface area contributed by atoms with Gasteiger partial charge in [-0.3, -0.25) is 14.6 Å². The molecule has 0 unspecified atom stereocenters. The van der Waals surface area contributed by atoms with Crippen LogP contribution < -0.4 is 5.32 Å². The fraction of sp³-hybridized carbons (Fsp3) is 0.368. The van der Waals surface area contributed by atoms with Gasteiger partial charge in [0.2, 0.25) is 17.6 Å². The lowest BCUT2D eigenvalue weighted by molar-refractivity contribution is -0.117. The number of nitrogens with zero attached hydrogens (tertiary/aromatic N) is 5. The highest BCUT2D eigenvalue weighted by molar-refractivity contribution is 7.13. The summed E-state index contributed by atoms with van der Waals surface area (Å²) in [6.07, 6.45) is 0. The maximum Gasteiger partial charge on any atom is 0.241 e. The van der Waals surface area contributed by atoms with Gasteiger partial charge in [-0.25, -0.2) is 4.98 Å². The van der Waals surface area contributed by atoms with E-state index in [-0.39, 0.29) is 5.91 Å². The minimum absolute atomic E-state index is 0.0303. The van der Waals surface area contributed by atoms with Crippen LogP contribution in [0.4, 0.5) is 5.13 Å². The highest BCUT2D eigenvalue weighted by atomic mass is 35.5. The van der Waals surface area contributed by atoms with Crippen LogP contribution in [0.2, 0.25) is 5.02 Å². The van der Waals surface area contributed by atoms with Crippen LogP contribution in [0, 0.1) is 6.92 Å². The van der Waals surface area contributed by atoms with Gasteiger partial charge in [0.25, 0.3) is 0 Å². The lowest BCUT2D eigenvalue weighted by Gasteiger charge is -2.33. The minimum atomic E-state index is -0.0303. The molecule has 0 bridgehead atoms. The van der Waals surface area contributed by atoms with Crippen LogP contribution in [-0.4, -0.2) is 63.6 Å². The number of aryl methyl sites for hydroxylation is 1. The number of hydrogen-bond acceptors (Lipinski definition) is 8. The van der Waals surface area contributed by atoms with Gasteiger partial charge in [0.1, 0.15) is 0 Å². The number of piperazine rings is 1. The second kappa shape index (κ2) is 9.00. The van der Waals surface area contributed by atoms with E-state index in [1.54, 1.807) is 12.1 Å². The largest absolute Gasteiger partial charge is 0.338 e. The predicted molar refractivity (Wildman–Crippen MR) is 112 cm³/mol. The summed E-state index contributed by atoms with van der Waals surface area (Å²) < 4.78 is 5.39. The van der Waals surface area contributed by atoms with Gasteiger partial charge in [-0.2, -0.15) is 4.98 Å². The number of benzene rings is 1. The highest BCUT2D eigenvalue weighted by Crippen LogP contribution is 2.19. The molecule has 0 aliphatic carbocycles. The number of anilines is 1. The summed E-state index contributed by atoms with van der Waals surface area (Å²) in [4.78, 5) is 25.3. The molecule has 1 aromatic carbocycles. The molecule has 8 nitrogen and oxygen atoms in total. The van der Waals surface area contributed by atoms with Crippen LogP contribution in [0.3, 0.4) is 0 Å². The Bertz CT molecular complexity index is 965. The number of aromatic nitrogens is 3. The van der Waals surface area contributed by atoms with E-state index in [1.165, 1.54) is 11.3 Å². The average molecular weight is 433 g/mol. The standard InChI is InChI=1S/C19H21ClN6O2S/c1-13-12-29-19(21-13)22-16(27)10-25-6-8-26(9-7-25)11-17-23-18(24-28-17)14-2-4-15(20)5-3-14/h2-5,12H,6-11H2,1H3,(H,21,22,27). The Morgan fingerprint density at radius 1 is 1.17 bits per heavy atom. The molecule has 0 spiro atoms. The lowest BCUT2D eigenvalue weighted by Crippen LogP contribution is -2.48. The molecule has 3 heterocycles. The predicted octanol–water partition coefficient (Wildman–Crippen LogP) is 2.91. The van der Waals surface area contributed by atoms with Crippen LogP contribution in [-0.2, 0) is 11.3 Å². The smallest absolute Gasteiger partial charge is 0.241 e. The van der Waals surface area contributed by atoms with Crippen molar-refractivity contribution < 1.29 is 9.32 Å². The average Bonchev–Trinajstić information content (AvgIpc) is 3.33. The molecule has 1 amide bonds. The number of thiazole rings is 1. The Hall–Kier alpha value is -2.33. The first-order valence-electron chi connectivity index (χ1n) is 9.30. The lowest BCUT2D eigenvalue weighted by atomic mass is 10.2. The first-order valence-corrected chi connectivity index (χ1v) is 10.6. The van der Waals surface area contributed by atoms with Gasteiger partial charge < -0.3 is 9.84 Å². The third kappa shape index (κ3) is 5.39. The van der Waals surface area contributed by atoms with Gasteiger partial charge >= 0.3 is 0 Å². The zero-order valence-electron chi connectivity index (χ0n) is 16.0. The summed E-state index contributed by atoms with van der Waals surface area (Å²) in [5.41, 5.74) is 1.79. The number of nitrogens with one attached hydrogen (secondary N) is 1. The fourth-order valence-corrected chi connectivity index (χ4v) is 3.94. The normalized spacial score (nSPS) is 15.5. The van der Waals surface area contributed by atoms with Crippen molar-refractivity contribution in [1.82, 2.24) is 24.9 Å². The molecular weight excluding hydrogens is 412 g/mol. The second-order valence-corrected chi connectivity index (χ2v) is 8.21. The molecule has 1 fully saturated rings. The third-order valence-corrected chi connectivity index (χ3v) is 5.75. The first kappa shape index (κ1) is 20.0. The Labute approximate surface area is 177 Å². The minimum Gasteiger partial charge on any atom is -0.338 e. The van der Waals surface area contributed by atoms with E-state index in [4.69, 9.17) is 16.1 Å². The molecule has 0 saturated carbocycles. The molecule has 1 saturated heterocycles. The zero-order valence-corrected chi connectivity index (χ0v) is 17.5. The van der Waals surface area contributed by atoms with Gasteiger partial charge in [-0.05, 0) is 31.2 Å². The molecular formula is C19H21ClN6O2S. The van der Waals surface area contributed by atoms with Crippen LogP contribution >= 0.6 is 22.9 Å². The number of halogens is 1. The molecule has 1 aliphatic rings. The molecule has 1 N–H and O–H groups in total. The highest BCUT2D eigenvalue weighted by Gasteiger charge is 2.21. The number of amides is 1. The molecule has 4 rings (SSSR count). The fourth-order valence-electron chi connectivity index (χ4n) is 3.11. The van der Waals surface area contributed by atoms with E-state index in [1.807, 2.05) is 24.4 Å². The van der Waals surface area contributed by atoms with E-state index in [9.17, 15) is 4.79 Å². The molecule has 152 valence electrons. The van der Waals surface area contributed by atoms with Gasteiger partial charge in [-0.1, -0.05) is 16.8 Å². The van der Waals surface area contributed by atoms with Crippen molar-refractivity contribution in [2.75, 3.05) is 38.0 Å². The maximum absolute atomic E-state index is 12.2. The topological polar surface area (TPSA) is 87.4 Å². The molecule has 1 aliphatic heterocycles. The van der Waals surface area contributed by atoms with E-state index in [0.29, 0.717) is 35.0 Å². The summed E-state index contributed by atoms with van der Waals surface area (Å²) in [5.74, 6) is 1.11. The van der Waals surface area contributed by atoms with Crippen molar-refractivity contribution in [3.63, 3.8) is 0 Å². The van der Waals surface area contributed by atoms with Crippen LogP contribution in [0.1, 0.15) is 11.6 Å². The van der Waals surface area contributed by atoms with Crippen LogP contribution in [0.15, 0.2) is 34.2 Å². The Morgan fingerprint density at radius 2 is 1.90 bits per heavy atom. The Balaban J connectivity index is 1.24. The quantitative estimate of drug-likeness (QED) is 0.640. The van der Waals surface area contributed by atoms with Crippen molar-refractivity contribution in [3.05, 3.63) is 46.3 Å². The SMILES string of the molecule is Cc1csc(NC(=O)CN2CCN(Cc3nc(-c4ccc(Cl)cc4)no3)CC2)n1. The number of rotatable bonds is 6. The first-order chi connectivity index (χ1) is 14.0. The van der Waals surface area contributed by atoms with Gasteiger partial charge in [0.05, 0.1) is 18.8 Å². The summed E-state index contributed by atoms with van der Waals surface area (Å²) >= 11 is 7.36. The zero-order chi connectivity index (χ0) is 20.2. The number of hydrogen-bond donors (Lipinski definition) is 1. The molecule has 29 heavy (non-hydrogen) atoms. The monoisotopic (exact) mass is 432 g/mol. The molecule has 3 aromatic rings. The van der Waals surface area contributed by atoms with Crippen molar-refractivity contribution in [1.29, 1.82) is 0 Å². The second-order valence-electron chi connectivity index (χ2n) is 6.91. The van der Waals surface area contributed by atoms with Crippen LogP contribution in [0.25, 0.3) is 11.4 Å². The summed E-state index contributed by atoms with van der Waals surface area (Å²) in [7, 11) is 0. The van der Waals surface area contributed by atoms with Crippen LogP contribution in [0.5, 0.6) is 0 Å². The Kier molecular flexibility index (Phi) is 6.19. The summed E-state index contributed by atoms with van der Waals surface area (Å²) in [6.45, 7) is 6.16. The number of carbonyl (C=O) groups is 1. The summed E-state index contributed by atoms with van der Waals surface area (Å²) in [6, 6.07) is 7.34. The van der Waals surface area contributed by atoms with E-state index < -0.39 is 0 Å². The van der Waals surface area contributed by atoms with Crippen molar-refractivity contribution in [3.8, 4) is 11.4 Å². The van der Waals surface area contributed by atoms with Crippen molar-refractivity contribution in [2.45, 2.75) is 13.5 Å². The van der Waals surface area contributed by atoms with Gasteiger partial charge in [0, 0.05) is 42.1 Å². The van der Waals surface area contributed by atoms with E-state index in [2.05, 4.69) is 30.2 Å². The van der Waals surface area contributed by atoms with Crippen molar-refractivity contribution >= 4 is 34.0 Å². The molecule has 0 radical (unpaired) electrons. The maximum atomic E-state index is 12.2. The molecule has 10 heteroatoms. The van der Waals surface area contributed by atoms with Crippen molar-refractivity contribution in [2.24, 2.45) is 0 Å². The van der Waals surface area contributed by atoms with E-state index >= 15 is 0 Å². The molecule has 0 atom stereocenters.